The van der Waals surface area contributed by atoms with Crippen LogP contribution in [0.3, 0.4) is 0 Å². The third kappa shape index (κ3) is 3.33. The van der Waals surface area contributed by atoms with Crippen molar-refractivity contribution in [2.45, 2.75) is 43.9 Å². The summed E-state index contributed by atoms with van der Waals surface area (Å²) in [6, 6.07) is 6.99. The van der Waals surface area contributed by atoms with Gasteiger partial charge in [-0.2, -0.15) is 0 Å². The van der Waals surface area contributed by atoms with Crippen molar-refractivity contribution in [2.75, 3.05) is 33.8 Å². The van der Waals surface area contributed by atoms with E-state index in [-0.39, 0.29) is 5.60 Å². The molecule has 1 atom stereocenters. The first-order valence-electron chi connectivity index (χ1n) is 9.48. The largest absolute Gasteiger partial charge is 0.372 e. The fourth-order valence-electron chi connectivity index (χ4n) is 4.58. The minimum absolute atomic E-state index is 0.0980. The maximum Gasteiger partial charge on any atom is 0.0955 e. The lowest BCUT2D eigenvalue weighted by molar-refractivity contribution is -0.135. The molecule has 1 aliphatic heterocycles. The number of morpholine rings is 1. The Balaban J connectivity index is 1.61. The highest BCUT2D eigenvalue weighted by atomic mass is 16.5. The molecule has 1 aromatic carbocycles. The molecule has 5 nitrogen and oxygen atoms in total. The van der Waals surface area contributed by atoms with Crippen molar-refractivity contribution in [3.05, 3.63) is 30.1 Å². The molecule has 2 aromatic rings. The van der Waals surface area contributed by atoms with Crippen molar-refractivity contribution in [1.82, 2.24) is 19.4 Å². The zero-order chi connectivity index (χ0) is 17.4. The highest BCUT2D eigenvalue weighted by Gasteiger charge is 2.42. The molecule has 1 unspecified atom stereocenters. The van der Waals surface area contributed by atoms with Crippen LogP contribution in [0.15, 0.2) is 24.5 Å². The number of imidazole rings is 1. The number of para-hydroxylation sites is 1. The smallest absolute Gasteiger partial charge is 0.0955 e. The molecule has 1 aliphatic carbocycles. The van der Waals surface area contributed by atoms with Gasteiger partial charge in [0.1, 0.15) is 0 Å². The summed E-state index contributed by atoms with van der Waals surface area (Å²) in [5, 5.41) is 0. The highest BCUT2D eigenvalue weighted by molar-refractivity contribution is 5.78. The second kappa shape index (κ2) is 6.71. The van der Waals surface area contributed by atoms with E-state index in [0.717, 1.165) is 31.8 Å². The number of likely N-dealkylation sites (N-methyl/N-ethyl adjacent to an activating group) is 1. The molecule has 2 aliphatic rings. The Bertz CT molecular complexity index is 732. The molecule has 4 rings (SSSR count). The summed E-state index contributed by atoms with van der Waals surface area (Å²) in [7, 11) is 6.37. The number of nitrogens with zero attached hydrogens (tertiary/aromatic N) is 4. The molecule has 2 fully saturated rings. The minimum Gasteiger partial charge on any atom is -0.372 e. The van der Waals surface area contributed by atoms with Crippen molar-refractivity contribution in [3.8, 4) is 0 Å². The van der Waals surface area contributed by atoms with E-state index >= 15 is 0 Å². The zero-order valence-corrected chi connectivity index (χ0v) is 15.7. The first kappa shape index (κ1) is 17.0. The molecule has 0 N–H and O–H groups in total. The first-order chi connectivity index (χ1) is 12.1. The number of hydrogen-bond donors (Lipinski definition) is 0. The van der Waals surface area contributed by atoms with E-state index in [2.05, 4.69) is 58.7 Å². The Morgan fingerprint density at radius 3 is 2.84 bits per heavy atom. The molecule has 5 heteroatoms. The van der Waals surface area contributed by atoms with E-state index in [1.165, 1.54) is 36.8 Å². The fourth-order valence-corrected chi connectivity index (χ4v) is 4.58. The summed E-state index contributed by atoms with van der Waals surface area (Å²) in [6.07, 6.45) is 6.96. The number of hydrogen-bond acceptors (Lipinski definition) is 4. The summed E-state index contributed by atoms with van der Waals surface area (Å²) < 4.78 is 8.52. The molecule has 1 saturated heterocycles. The number of ether oxygens (including phenoxy) is 1. The van der Waals surface area contributed by atoms with Crippen molar-refractivity contribution < 1.29 is 4.74 Å². The van der Waals surface area contributed by atoms with Gasteiger partial charge in [0.15, 0.2) is 0 Å². The molecule has 0 radical (unpaired) electrons. The predicted molar refractivity (Wildman–Crippen MR) is 101 cm³/mol. The standard InChI is InChI=1S/C20H30N4O/c1-22(2)12-17-13-25-20(9-4-5-10-20)14-24(17)11-16-7-6-8-18-19(16)21-15-23(18)3/h6-8,15,17H,4-5,9-14H2,1-3H3. The summed E-state index contributed by atoms with van der Waals surface area (Å²) in [5.41, 5.74) is 3.78. The number of rotatable bonds is 4. The van der Waals surface area contributed by atoms with Gasteiger partial charge >= 0.3 is 0 Å². The quantitative estimate of drug-likeness (QED) is 0.855. The van der Waals surface area contributed by atoms with E-state index in [9.17, 15) is 0 Å². The lowest BCUT2D eigenvalue weighted by Gasteiger charge is -2.46. The predicted octanol–water partition coefficient (Wildman–Crippen LogP) is 2.65. The maximum absolute atomic E-state index is 6.41. The lowest BCUT2D eigenvalue weighted by Crippen LogP contribution is -2.57. The van der Waals surface area contributed by atoms with Gasteiger partial charge in [0.25, 0.3) is 0 Å². The van der Waals surface area contributed by atoms with E-state index < -0.39 is 0 Å². The molecule has 0 bridgehead atoms. The number of benzene rings is 1. The highest BCUT2D eigenvalue weighted by Crippen LogP contribution is 2.38. The second-order valence-electron chi connectivity index (χ2n) is 8.16. The number of aromatic nitrogens is 2. The molecule has 2 heterocycles. The van der Waals surface area contributed by atoms with E-state index in [1.807, 2.05) is 6.33 Å². The van der Waals surface area contributed by atoms with Gasteiger partial charge in [0.05, 0.1) is 29.6 Å². The summed E-state index contributed by atoms with van der Waals surface area (Å²) in [6.45, 7) is 3.89. The van der Waals surface area contributed by atoms with E-state index in [4.69, 9.17) is 4.74 Å². The SMILES string of the molecule is CN(C)CC1COC2(CCCC2)CN1Cc1cccc2c1ncn2C. The van der Waals surface area contributed by atoms with E-state index in [0.29, 0.717) is 6.04 Å². The van der Waals surface area contributed by atoms with Gasteiger partial charge in [-0.3, -0.25) is 4.90 Å². The normalized spacial score (nSPS) is 23.9. The van der Waals surface area contributed by atoms with Crippen LogP contribution in [0.25, 0.3) is 11.0 Å². The van der Waals surface area contributed by atoms with Crippen LogP contribution in [0.4, 0.5) is 0 Å². The van der Waals surface area contributed by atoms with Crippen LogP contribution < -0.4 is 0 Å². The average Bonchev–Trinajstić information content (AvgIpc) is 3.18. The molecule has 1 aromatic heterocycles. The maximum atomic E-state index is 6.41. The van der Waals surface area contributed by atoms with Gasteiger partial charge in [0, 0.05) is 32.7 Å². The van der Waals surface area contributed by atoms with E-state index in [1.54, 1.807) is 0 Å². The molecular formula is C20H30N4O. The van der Waals surface area contributed by atoms with Gasteiger partial charge in [0.2, 0.25) is 0 Å². The van der Waals surface area contributed by atoms with Crippen LogP contribution in [0, 0.1) is 0 Å². The minimum atomic E-state index is 0.0980. The molecule has 25 heavy (non-hydrogen) atoms. The molecule has 1 spiro atoms. The third-order valence-electron chi connectivity index (χ3n) is 5.89. The summed E-state index contributed by atoms with van der Waals surface area (Å²) in [5.74, 6) is 0. The van der Waals surface area contributed by atoms with Crippen LogP contribution in [-0.4, -0.2) is 64.8 Å². The van der Waals surface area contributed by atoms with Crippen LogP contribution in [-0.2, 0) is 18.3 Å². The van der Waals surface area contributed by atoms with Crippen LogP contribution in [0.2, 0.25) is 0 Å². The van der Waals surface area contributed by atoms with Crippen molar-refractivity contribution in [3.63, 3.8) is 0 Å². The topological polar surface area (TPSA) is 33.5 Å². The van der Waals surface area contributed by atoms with Gasteiger partial charge in [-0.15, -0.1) is 0 Å². The second-order valence-corrected chi connectivity index (χ2v) is 8.16. The van der Waals surface area contributed by atoms with Gasteiger partial charge < -0.3 is 14.2 Å². The summed E-state index contributed by atoms with van der Waals surface area (Å²) in [4.78, 5) is 9.58. The monoisotopic (exact) mass is 342 g/mol. The third-order valence-corrected chi connectivity index (χ3v) is 5.89. The molecule has 0 amide bonds. The van der Waals surface area contributed by atoms with Crippen molar-refractivity contribution in [2.24, 2.45) is 7.05 Å². The van der Waals surface area contributed by atoms with Crippen LogP contribution >= 0.6 is 0 Å². The van der Waals surface area contributed by atoms with Gasteiger partial charge in [-0.25, -0.2) is 4.98 Å². The Morgan fingerprint density at radius 2 is 2.08 bits per heavy atom. The lowest BCUT2D eigenvalue weighted by atomic mass is 9.96. The average molecular weight is 342 g/mol. The van der Waals surface area contributed by atoms with Gasteiger partial charge in [-0.05, 0) is 38.6 Å². The Hall–Kier alpha value is -1.43. The van der Waals surface area contributed by atoms with Crippen LogP contribution in [0.5, 0.6) is 0 Å². The summed E-state index contributed by atoms with van der Waals surface area (Å²) >= 11 is 0. The first-order valence-corrected chi connectivity index (χ1v) is 9.48. The van der Waals surface area contributed by atoms with Crippen molar-refractivity contribution in [1.29, 1.82) is 0 Å². The van der Waals surface area contributed by atoms with Crippen molar-refractivity contribution >= 4 is 11.0 Å². The van der Waals surface area contributed by atoms with Gasteiger partial charge in [-0.1, -0.05) is 25.0 Å². The molecule has 136 valence electrons. The Labute approximate surface area is 150 Å². The Kier molecular flexibility index (Phi) is 4.56. The number of fused-ring (bicyclic) bond motifs is 1. The zero-order valence-electron chi connectivity index (χ0n) is 15.7. The van der Waals surface area contributed by atoms with Crippen LogP contribution in [0.1, 0.15) is 31.2 Å². The Morgan fingerprint density at radius 1 is 1.28 bits per heavy atom. The number of aryl methyl sites for hydroxylation is 1. The fraction of sp³-hybridized carbons (Fsp3) is 0.650. The molecule has 1 saturated carbocycles. The molecular weight excluding hydrogens is 312 g/mol.